The first kappa shape index (κ1) is 10.3. The van der Waals surface area contributed by atoms with Crippen molar-refractivity contribution < 1.29 is 4.74 Å². The zero-order chi connectivity index (χ0) is 10.7. The molecule has 15 heavy (non-hydrogen) atoms. The van der Waals surface area contributed by atoms with E-state index in [0.717, 1.165) is 5.75 Å². The highest BCUT2D eigenvalue weighted by Gasteiger charge is 2.16. The van der Waals surface area contributed by atoms with Crippen molar-refractivity contribution in [1.29, 1.82) is 0 Å². The zero-order valence-corrected chi connectivity index (χ0v) is 9.62. The fourth-order valence-corrected chi connectivity index (χ4v) is 2.28. The summed E-state index contributed by atoms with van der Waals surface area (Å²) in [5, 5.41) is 0. The zero-order valence-electron chi connectivity index (χ0n) is 9.62. The lowest BCUT2D eigenvalue weighted by molar-refractivity contribution is 0.414. The van der Waals surface area contributed by atoms with E-state index in [1.165, 1.54) is 43.6 Å². The molecule has 0 spiro atoms. The van der Waals surface area contributed by atoms with E-state index in [-0.39, 0.29) is 0 Å². The third-order valence-corrected chi connectivity index (χ3v) is 3.00. The van der Waals surface area contributed by atoms with Gasteiger partial charge in [-0.2, -0.15) is 0 Å². The van der Waals surface area contributed by atoms with E-state index in [0.29, 0.717) is 0 Å². The Bertz CT molecular complexity index is 335. The van der Waals surface area contributed by atoms with E-state index >= 15 is 0 Å². The standard InChI is InChI=1S/C13H19NO/c1-3-8-14-9-4-5-11-10-12(15-2)6-7-13(11)14/h6-7,10H,3-5,8-9H2,1-2H3. The summed E-state index contributed by atoms with van der Waals surface area (Å²) in [5.41, 5.74) is 2.85. The van der Waals surface area contributed by atoms with Gasteiger partial charge >= 0.3 is 0 Å². The Morgan fingerprint density at radius 1 is 1.40 bits per heavy atom. The molecule has 1 heterocycles. The Kier molecular flexibility index (Phi) is 3.14. The molecule has 0 saturated heterocycles. The molecule has 2 nitrogen and oxygen atoms in total. The van der Waals surface area contributed by atoms with Crippen LogP contribution >= 0.6 is 0 Å². The van der Waals surface area contributed by atoms with Gasteiger partial charge in [-0.05, 0) is 43.0 Å². The first-order valence-electron chi connectivity index (χ1n) is 5.77. The summed E-state index contributed by atoms with van der Waals surface area (Å²) in [6.07, 6.45) is 3.67. The second-order valence-electron chi connectivity index (χ2n) is 4.09. The Morgan fingerprint density at radius 2 is 2.27 bits per heavy atom. The molecule has 0 fully saturated rings. The number of methoxy groups -OCH3 is 1. The van der Waals surface area contributed by atoms with Crippen LogP contribution in [0.4, 0.5) is 5.69 Å². The Hall–Kier alpha value is -1.18. The Morgan fingerprint density at radius 3 is 3.00 bits per heavy atom. The SMILES string of the molecule is CCCN1CCCc2cc(OC)ccc21. The van der Waals surface area contributed by atoms with Crippen LogP contribution in [0.25, 0.3) is 0 Å². The van der Waals surface area contributed by atoms with E-state index in [1.54, 1.807) is 7.11 Å². The first-order chi connectivity index (χ1) is 7.35. The van der Waals surface area contributed by atoms with Crippen LogP contribution in [-0.4, -0.2) is 20.2 Å². The van der Waals surface area contributed by atoms with Gasteiger partial charge in [-0.15, -0.1) is 0 Å². The minimum atomic E-state index is 0.979. The topological polar surface area (TPSA) is 12.5 Å². The molecule has 0 radical (unpaired) electrons. The Labute approximate surface area is 91.9 Å². The molecule has 1 aliphatic heterocycles. The molecule has 0 atom stereocenters. The number of hydrogen-bond donors (Lipinski definition) is 0. The van der Waals surface area contributed by atoms with Gasteiger partial charge in [0.15, 0.2) is 0 Å². The van der Waals surface area contributed by atoms with Crippen molar-refractivity contribution >= 4 is 5.69 Å². The summed E-state index contributed by atoms with van der Waals surface area (Å²) >= 11 is 0. The van der Waals surface area contributed by atoms with Crippen molar-refractivity contribution in [2.75, 3.05) is 25.1 Å². The van der Waals surface area contributed by atoms with Crippen molar-refractivity contribution in [1.82, 2.24) is 0 Å². The van der Waals surface area contributed by atoms with Gasteiger partial charge in [0.05, 0.1) is 7.11 Å². The van der Waals surface area contributed by atoms with Crippen LogP contribution in [0.2, 0.25) is 0 Å². The average Bonchev–Trinajstić information content (AvgIpc) is 2.29. The minimum Gasteiger partial charge on any atom is -0.497 e. The minimum absolute atomic E-state index is 0.979. The number of nitrogens with zero attached hydrogens (tertiary/aromatic N) is 1. The van der Waals surface area contributed by atoms with Gasteiger partial charge in [-0.1, -0.05) is 6.92 Å². The third kappa shape index (κ3) is 2.09. The van der Waals surface area contributed by atoms with Gasteiger partial charge in [-0.25, -0.2) is 0 Å². The van der Waals surface area contributed by atoms with Gasteiger partial charge in [0.1, 0.15) is 5.75 Å². The smallest absolute Gasteiger partial charge is 0.119 e. The van der Waals surface area contributed by atoms with Crippen LogP contribution in [-0.2, 0) is 6.42 Å². The summed E-state index contributed by atoms with van der Waals surface area (Å²) in [4.78, 5) is 2.48. The van der Waals surface area contributed by atoms with Gasteiger partial charge in [0, 0.05) is 18.8 Å². The fraction of sp³-hybridized carbons (Fsp3) is 0.538. The number of hydrogen-bond acceptors (Lipinski definition) is 2. The lowest BCUT2D eigenvalue weighted by atomic mass is 10.0. The quantitative estimate of drug-likeness (QED) is 0.752. The van der Waals surface area contributed by atoms with Gasteiger partial charge in [0.2, 0.25) is 0 Å². The van der Waals surface area contributed by atoms with Crippen molar-refractivity contribution in [2.24, 2.45) is 0 Å². The molecule has 2 heteroatoms. The maximum Gasteiger partial charge on any atom is 0.119 e. The van der Waals surface area contributed by atoms with E-state index in [4.69, 9.17) is 4.74 Å². The monoisotopic (exact) mass is 205 g/mol. The fourth-order valence-electron chi connectivity index (χ4n) is 2.28. The van der Waals surface area contributed by atoms with Crippen LogP contribution in [0, 0.1) is 0 Å². The summed E-state index contributed by atoms with van der Waals surface area (Å²) in [6, 6.07) is 6.44. The number of fused-ring (bicyclic) bond motifs is 1. The molecule has 2 rings (SSSR count). The maximum absolute atomic E-state index is 5.26. The molecule has 1 aliphatic rings. The summed E-state index contributed by atoms with van der Waals surface area (Å²) < 4.78 is 5.26. The lowest BCUT2D eigenvalue weighted by Crippen LogP contribution is -2.29. The summed E-state index contributed by atoms with van der Waals surface area (Å²) in [6.45, 7) is 4.60. The first-order valence-corrected chi connectivity index (χ1v) is 5.77. The molecule has 1 aromatic carbocycles. The molecule has 0 saturated carbocycles. The second-order valence-corrected chi connectivity index (χ2v) is 4.09. The van der Waals surface area contributed by atoms with Crippen molar-refractivity contribution in [3.63, 3.8) is 0 Å². The van der Waals surface area contributed by atoms with E-state index in [2.05, 4.69) is 30.0 Å². The predicted octanol–water partition coefficient (Wildman–Crippen LogP) is 2.86. The maximum atomic E-state index is 5.26. The van der Waals surface area contributed by atoms with Gasteiger partial charge in [0.25, 0.3) is 0 Å². The van der Waals surface area contributed by atoms with Crippen molar-refractivity contribution in [3.8, 4) is 5.75 Å². The van der Waals surface area contributed by atoms with Crippen LogP contribution in [0.5, 0.6) is 5.75 Å². The molecular weight excluding hydrogens is 186 g/mol. The number of anilines is 1. The highest BCUT2D eigenvalue weighted by atomic mass is 16.5. The Balaban J connectivity index is 2.28. The van der Waals surface area contributed by atoms with Crippen LogP contribution in [0.15, 0.2) is 18.2 Å². The summed E-state index contributed by atoms with van der Waals surface area (Å²) in [5.74, 6) is 0.979. The normalized spacial score (nSPS) is 14.9. The number of aryl methyl sites for hydroxylation is 1. The molecule has 0 amide bonds. The van der Waals surface area contributed by atoms with Crippen LogP contribution in [0.3, 0.4) is 0 Å². The molecule has 0 aliphatic carbocycles. The number of ether oxygens (including phenoxy) is 1. The molecule has 82 valence electrons. The lowest BCUT2D eigenvalue weighted by Gasteiger charge is -2.31. The molecular formula is C13H19NO. The molecule has 0 N–H and O–H groups in total. The molecule has 0 aromatic heterocycles. The van der Waals surface area contributed by atoms with Crippen molar-refractivity contribution in [2.45, 2.75) is 26.2 Å². The number of rotatable bonds is 3. The highest BCUT2D eigenvalue weighted by molar-refractivity contribution is 5.57. The average molecular weight is 205 g/mol. The van der Waals surface area contributed by atoms with E-state index in [9.17, 15) is 0 Å². The number of benzene rings is 1. The molecule has 1 aromatic rings. The van der Waals surface area contributed by atoms with E-state index in [1.807, 2.05) is 0 Å². The van der Waals surface area contributed by atoms with Crippen LogP contribution in [0.1, 0.15) is 25.3 Å². The van der Waals surface area contributed by atoms with E-state index < -0.39 is 0 Å². The molecule has 0 unspecified atom stereocenters. The predicted molar refractivity (Wildman–Crippen MR) is 63.8 cm³/mol. The van der Waals surface area contributed by atoms with Gasteiger partial charge in [-0.3, -0.25) is 0 Å². The van der Waals surface area contributed by atoms with Crippen LogP contribution < -0.4 is 9.64 Å². The third-order valence-electron chi connectivity index (χ3n) is 3.00. The highest BCUT2D eigenvalue weighted by Crippen LogP contribution is 2.30. The summed E-state index contributed by atoms with van der Waals surface area (Å²) in [7, 11) is 1.73. The second kappa shape index (κ2) is 4.56. The largest absolute Gasteiger partial charge is 0.497 e. The van der Waals surface area contributed by atoms with Gasteiger partial charge < -0.3 is 9.64 Å². The molecule has 0 bridgehead atoms. The van der Waals surface area contributed by atoms with Crippen molar-refractivity contribution in [3.05, 3.63) is 23.8 Å².